The normalized spacial score (nSPS) is 10.1. The van der Waals surface area contributed by atoms with Gasteiger partial charge in [-0.05, 0) is 23.6 Å². The van der Waals surface area contributed by atoms with E-state index in [9.17, 15) is 4.79 Å². The molecular weight excluding hydrogens is 214 g/mol. The lowest BCUT2D eigenvalue weighted by Crippen LogP contribution is -2.12. The average Bonchev–Trinajstić information content (AvgIpc) is 2.34. The van der Waals surface area contributed by atoms with Crippen molar-refractivity contribution in [2.24, 2.45) is 0 Å². The zero-order valence-corrected chi connectivity index (χ0v) is 10.4. The molecule has 0 spiro atoms. The summed E-state index contributed by atoms with van der Waals surface area (Å²) in [4.78, 5) is 10.8. The minimum Gasteiger partial charge on any atom is -0.461 e. The molecule has 92 valence electrons. The highest BCUT2D eigenvalue weighted by molar-refractivity contribution is 5.81. The van der Waals surface area contributed by atoms with E-state index in [1.165, 1.54) is 5.56 Å². The van der Waals surface area contributed by atoms with Crippen LogP contribution >= 0.6 is 0 Å². The Morgan fingerprint density at radius 2 is 2.06 bits per heavy atom. The van der Waals surface area contributed by atoms with Crippen LogP contribution in [0.25, 0.3) is 0 Å². The Balaban J connectivity index is 2.32. The number of carbonyl (C=O) groups is 1. The van der Waals surface area contributed by atoms with E-state index in [0.717, 1.165) is 11.8 Å². The minimum absolute atomic E-state index is 0.344. The van der Waals surface area contributed by atoms with E-state index in [-0.39, 0.29) is 5.97 Å². The maximum Gasteiger partial charge on any atom is 0.330 e. The maximum absolute atomic E-state index is 10.8. The highest BCUT2D eigenvalue weighted by Gasteiger charge is 1.99. The van der Waals surface area contributed by atoms with Gasteiger partial charge in [-0.1, -0.05) is 32.6 Å². The highest BCUT2D eigenvalue weighted by atomic mass is 16.5. The van der Waals surface area contributed by atoms with E-state index >= 15 is 0 Å². The molecule has 0 saturated carbocycles. The summed E-state index contributed by atoms with van der Waals surface area (Å²) >= 11 is 0. The molecule has 0 aromatic heterocycles. The molecule has 1 aromatic rings. The van der Waals surface area contributed by atoms with Crippen LogP contribution in [0.3, 0.4) is 0 Å². The number of hydrogen-bond acceptors (Lipinski definition) is 3. The van der Waals surface area contributed by atoms with Crippen LogP contribution in [0, 0.1) is 0 Å². The number of carbonyl (C=O) groups excluding carboxylic acids is 1. The van der Waals surface area contributed by atoms with E-state index in [1.807, 2.05) is 12.1 Å². The van der Waals surface area contributed by atoms with E-state index in [2.05, 4.69) is 37.9 Å². The number of hydrogen-bond donors (Lipinski definition) is 1. The first-order chi connectivity index (χ1) is 8.13. The van der Waals surface area contributed by atoms with Crippen LogP contribution in [0.1, 0.15) is 25.3 Å². The van der Waals surface area contributed by atoms with Crippen molar-refractivity contribution in [2.75, 3.05) is 18.5 Å². The smallest absolute Gasteiger partial charge is 0.330 e. The van der Waals surface area contributed by atoms with Crippen molar-refractivity contribution in [3.8, 4) is 0 Å². The van der Waals surface area contributed by atoms with E-state index in [0.29, 0.717) is 19.1 Å². The fraction of sp³-hybridized carbons (Fsp3) is 0.357. The standard InChI is InChI=1S/C14H19NO2/c1-4-14(16)17-10-9-15-13-7-5-12(6-8-13)11(2)3/h4-8,11,15H,1,9-10H2,2-3H3. The number of benzene rings is 1. The fourth-order valence-corrected chi connectivity index (χ4v) is 1.39. The van der Waals surface area contributed by atoms with Gasteiger partial charge in [-0.15, -0.1) is 0 Å². The third-order valence-corrected chi connectivity index (χ3v) is 2.42. The largest absolute Gasteiger partial charge is 0.461 e. The average molecular weight is 233 g/mol. The monoisotopic (exact) mass is 233 g/mol. The highest BCUT2D eigenvalue weighted by Crippen LogP contribution is 2.16. The van der Waals surface area contributed by atoms with Crippen LogP contribution in [0.15, 0.2) is 36.9 Å². The van der Waals surface area contributed by atoms with Gasteiger partial charge < -0.3 is 10.1 Å². The summed E-state index contributed by atoms with van der Waals surface area (Å²) in [6, 6.07) is 8.26. The molecule has 0 fully saturated rings. The third kappa shape index (κ3) is 4.72. The predicted molar refractivity (Wildman–Crippen MR) is 70.2 cm³/mol. The second kappa shape index (κ2) is 6.74. The molecular formula is C14H19NO2. The van der Waals surface area contributed by atoms with Crippen molar-refractivity contribution in [1.82, 2.24) is 0 Å². The first-order valence-electron chi connectivity index (χ1n) is 5.76. The first kappa shape index (κ1) is 13.3. The lowest BCUT2D eigenvalue weighted by Gasteiger charge is -2.09. The molecule has 1 N–H and O–H groups in total. The molecule has 3 heteroatoms. The van der Waals surface area contributed by atoms with Crippen molar-refractivity contribution in [1.29, 1.82) is 0 Å². The summed E-state index contributed by atoms with van der Waals surface area (Å²) in [5.41, 5.74) is 2.35. The quantitative estimate of drug-likeness (QED) is 0.466. The van der Waals surface area contributed by atoms with E-state index in [1.54, 1.807) is 0 Å². The molecule has 0 radical (unpaired) electrons. The second-order valence-electron chi connectivity index (χ2n) is 4.08. The summed E-state index contributed by atoms with van der Waals surface area (Å²) in [6.07, 6.45) is 1.16. The number of rotatable bonds is 6. The molecule has 3 nitrogen and oxygen atoms in total. The van der Waals surface area contributed by atoms with Crippen LogP contribution in [0.4, 0.5) is 5.69 Å². The molecule has 0 aliphatic carbocycles. The van der Waals surface area contributed by atoms with Crippen molar-refractivity contribution < 1.29 is 9.53 Å². The Hall–Kier alpha value is -1.77. The van der Waals surface area contributed by atoms with Crippen LogP contribution in [-0.2, 0) is 9.53 Å². The lowest BCUT2D eigenvalue weighted by molar-refractivity contribution is -0.137. The Labute approximate surface area is 102 Å². The number of ether oxygens (including phenoxy) is 1. The van der Waals surface area contributed by atoms with Gasteiger partial charge in [0.2, 0.25) is 0 Å². The van der Waals surface area contributed by atoms with Gasteiger partial charge in [0.15, 0.2) is 0 Å². The Morgan fingerprint density at radius 1 is 1.41 bits per heavy atom. The van der Waals surface area contributed by atoms with E-state index in [4.69, 9.17) is 4.74 Å². The van der Waals surface area contributed by atoms with Gasteiger partial charge in [0.1, 0.15) is 6.61 Å². The molecule has 0 atom stereocenters. The van der Waals surface area contributed by atoms with Crippen molar-refractivity contribution in [3.63, 3.8) is 0 Å². The molecule has 1 aromatic carbocycles. The number of nitrogens with one attached hydrogen (secondary N) is 1. The number of esters is 1. The molecule has 0 heterocycles. The summed E-state index contributed by atoms with van der Waals surface area (Å²) in [5.74, 6) is 0.152. The van der Waals surface area contributed by atoms with Crippen LogP contribution < -0.4 is 5.32 Å². The minimum atomic E-state index is -0.387. The fourth-order valence-electron chi connectivity index (χ4n) is 1.39. The summed E-state index contributed by atoms with van der Waals surface area (Å²) < 4.78 is 4.86. The van der Waals surface area contributed by atoms with Gasteiger partial charge in [0.25, 0.3) is 0 Å². The van der Waals surface area contributed by atoms with Crippen LogP contribution in [0.5, 0.6) is 0 Å². The molecule has 0 aliphatic heterocycles. The molecule has 0 saturated heterocycles. The Kier molecular flexibility index (Phi) is 5.27. The first-order valence-corrected chi connectivity index (χ1v) is 5.76. The van der Waals surface area contributed by atoms with Gasteiger partial charge in [0.05, 0.1) is 0 Å². The SMILES string of the molecule is C=CC(=O)OCCNc1ccc(C(C)C)cc1. The molecule has 17 heavy (non-hydrogen) atoms. The van der Waals surface area contributed by atoms with Crippen molar-refractivity contribution in [3.05, 3.63) is 42.5 Å². The van der Waals surface area contributed by atoms with Gasteiger partial charge in [-0.25, -0.2) is 4.79 Å². The van der Waals surface area contributed by atoms with Crippen molar-refractivity contribution >= 4 is 11.7 Å². The summed E-state index contributed by atoms with van der Waals surface area (Å²) in [7, 11) is 0. The van der Waals surface area contributed by atoms with Gasteiger partial charge in [-0.2, -0.15) is 0 Å². The zero-order chi connectivity index (χ0) is 12.7. The zero-order valence-electron chi connectivity index (χ0n) is 10.4. The predicted octanol–water partition coefficient (Wildman–Crippen LogP) is 2.95. The summed E-state index contributed by atoms with van der Waals surface area (Å²) in [5, 5.41) is 3.18. The third-order valence-electron chi connectivity index (χ3n) is 2.42. The number of anilines is 1. The molecule has 0 amide bonds. The summed E-state index contributed by atoms with van der Waals surface area (Å²) in [6.45, 7) is 8.60. The van der Waals surface area contributed by atoms with Gasteiger partial charge >= 0.3 is 5.97 Å². The van der Waals surface area contributed by atoms with Crippen LogP contribution in [0.2, 0.25) is 0 Å². The molecule has 0 bridgehead atoms. The Bertz CT molecular complexity index is 368. The van der Waals surface area contributed by atoms with Gasteiger partial charge in [-0.3, -0.25) is 0 Å². The van der Waals surface area contributed by atoms with Gasteiger partial charge in [0, 0.05) is 18.3 Å². The molecule has 1 rings (SSSR count). The van der Waals surface area contributed by atoms with Crippen LogP contribution in [-0.4, -0.2) is 19.1 Å². The molecule has 0 unspecified atom stereocenters. The van der Waals surface area contributed by atoms with E-state index < -0.39 is 0 Å². The topological polar surface area (TPSA) is 38.3 Å². The second-order valence-corrected chi connectivity index (χ2v) is 4.08. The molecule has 0 aliphatic rings. The lowest BCUT2D eigenvalue weighted by atomic mass is 10.0. The van der Waals surface area contributed by atoms with Crippen molar-refractivity contribution in [2.45, 2.75) is 19.8 Å². The maximum atomic E-state index is 10.8. The Morgan fingerprint density at radius 3 is 2.59 bits per heavy atom.